The van der Waals surface area contributed by atoms with Crippen LogP contribution in [0.2, 0.25) is 0 Å². The Morgan fingerprint density at radius 2 is 2.29 bits per heavy atom. The van der Waals surface area contributed by atoms with Gasteiger partial charge in [0, 0.05) is 7.11 Å². The van der Waals surface area contributed by atoms with Crippen molar-refractivity contribution in [3.8, 4) is 0 Å². The Kier molecular flexibility index (Phi) is 4.22. The number of nitrogens with one attached hydrogen (secondary N) is 1. The molecule has 1 heterocycles. The van der Waals surface area contributed by atoms with Gasteiger partial charge in [0.25, 0.3) is 5.56 Å². The first-order valence-electron chi connectivity index (χ1n) is 5.12. The number of nitrogens with zero attached hydrogens (tertiary/aromatic N) is 1. The maximum Gasteiger partial charge on any atom is 0.308 e. The maximum atomic E-state index is 11.6. The zero-order chi connectivity index (χ0) is 13.0. The molecule has 0 aliphatic carbocycles. The van der Waals surface area contributed by atoms with Gasteiger partial charge in [-0.1, -0.05) is 6.92 Å². The van der Waals surface area contributed by atoms with Gasteiger partial charge in [-0.2, -0.15) is 0 Å². The van der Waals surface area contributed by atoms with Crippen LogP contribution in [-0.2, 0) is 16.0 Å². The third-order valence-electron chi connectivity index (χ3n) is 2.35. The van der Waals surface area contributed by atoms with E-state index in [0.29, 0.717) is 12.2 Å². The zero-order valence-corrected chi connectivity index (χ0v) is 9.69. The van der Waals surface area contributed by atoms with Crippen molar-refractivity contribution in [1.82, 2.24) is 9.97 Å². The fourth-order valence-corrected chi connectivity index (χ4v) is 1.48. The van der Waals surface area contributed by atoms with Crippen molar-refractivity contribution in [2.75, 3.05) is 12.8 Å². The number of hydrogen-bond acceptors (Lipinski definition) is 5. The molecule has 0 bridgehead atoms. The largest absolute Gasteiger partial charge is 0.481 e. The second-order valence-electron chi connectivity index (χ2n) is 3.52. The minimum atomic E-state index is -1.13. The molecule has 4 N–H and O–H groups in total. The summed E-state index contributed by atoms with van der Waals surface area (Å²) in [7, 11) is 1.50. The molecule has 1 aromatic heterocycles. The molecule has 0 radical (unpaired) electrons. The van der Waals surface area contributed by atoms with Crippen LogP contribution in [0.25, 0.3) is 0 Å². The molecule has 0 aromatic carbocycles. The Balaban J connectivity index is 3.17. The highest BCUT2D eigenvalue weighted by Crippen LogP contribution is 2.16. The van der Waals surface area contributed by atoms with E-state index >= 15 is 0 Å². The van der Waals surface area contributed by atoms with Crippen LogP contribution in [0.4, 0.5) is 5.82 Å². The van der Waals surface area contributed by atoms with Gasteiger partial charge in [0.15, 0.2) is 0 Å². The average molecular weight is 241 g/mol. The van der Waals surface area contributed by atoms with Crippen molar-refractivity contribution < 1.29 is 14.6 Å². The van der Waals surface area contributed by atoms with Gasteiger partial charge in [-0.25, -0.2) is 4.98 Å². The molecule has 7 nitrogen and oxygen atoms in total. The Hall–Kier alpha value is -1.89. The number of rotatable bonds is 5. The van der Waals surface area contributed by atoms with Crippen molar-refractivity contribution in [1.29, 1.82) is 0 Å². The number of ether oxygens (including phenoxy) is 1. The number of carboxylic acid groups (broad SMARTS) is 1. The van der Waals surface area contributed by atoms with Crippen LogP contribution in [0.3, 0.4) is 0 Å². The van der Waals surface area contributed by atoms with Crippen LogP contribution < -0.4 is 11.3 Å². The minimum Gasteiger partial charge on any atom is -0.481 e. The van der Waals surface area contributed by atoms with Gasteiger partial charge >= 0.3 is 5.97 Å². The zero-order valence-electron chi connectivity index (χ0n) is 9.69. The van der Waals surface area contributed by atoms with E-state index in [1.807, 2.05) is 6.92 Å². The van der Waals surface area contributed by atoms with Crippen LogP contribution in [0.5, 0.6) is 0 Å². The molecule has 0 saturated heterocycles. The Morgan fingerprint density at radius 1 is 1.65 bits per heavy atom. The molecule has 1 unspecified atom stereocenters. The standard InChI is InChI=1S/C10H15N3O4/c1-3-6(17-2)9-12-8(11)5(4-7(14)15)10(16)13-9/h6H,3-4H2,1-2H3,(H,14,15)(H3,11,12,13,16). The summed E-state index contributed by atoms with van der Waals surface area (Å²) in [5.74, 6) is -0.885. The van der Waals surface area contributed by atoms with Gasteiger partial charge in [0.2, 0.25) is 0 Å². The van der Waals surface area contributed by atoms with E-state index in [9.17, 15) is 9.59 Å². The van der Waals surface area contributed by atoms with Crippen LogP contribution in [0, 0.1) is 0 Å². The summed E-state index contributed by atoms with van der Waals surface area (Å²) in [6.45, 7) is 1.87. The van der Waals surface area contributed by atoms with E-state index in [1.165, 1.54) is 7.11 Å². The van der Waals surface area contributed by atoms with Gasteiger partial charge < -0.3 is 20.6 Å². The molecule has 17 heavy (non-hydrogen) atoms. The van der Waals surface area contributed by atoms with Gasteiger partial charge in [-0.05, 0) is 6.42 Å². The van der Waals surface area contributed by atoms with Gasteiger partial charge in [0.1, 0.15) is 17.7 Å². The molecule has 0 aliphatic heterocycles. The van der Waals surface area contributed by atoms with Gasteiger partial charge in [0.05, 0.1) is 12.0 Å². The number of carboxylic acids is 1. The first-order chi connectivity index (χ1) is 7.99. The summed E-state index contributed by atoms with van der Waals surface area (Å²) in [6, 6.07) is 0. The number of nitrogens with two attached hydrogens (primary N) is 1. The van der Waals surface area contributed by atoms with Crippen molar-refractivity contribution in [2.45, 2.75) is 25.9 Å². The van der Waals surface area contributed by atoms with Crippen molar-refractivity contribution >= 4 is 11.8 Å². The lowest BCUT2D eigenvalue weighted by atomic mass is 10.2. The second-order valence-corrected chi connectivity index (χ2v) is 3.52. The molecule has 0 fully saturated rings. The lowest BCUT2D eigenvalue weighted by molar-refractivity contribution is -0.136. The van der Waals surface area contributed by atoms with E-state index in [1.54, 1.807) is 0 Å². The fourth-order valence-electron chi connectivity index (χ4n) is 1.48. The van der Waals surface area contributed by atoms with Crippen LogP contribution in [-0.4, -0.2) is 28.2 Å². The van der Waals surface area contributed by atoms with E-state index in [0.717, 1.165) is 0 Å². The van der Waals surface area contributed by atoms with Crippen LogP contribution in [0.15, 0.2) is 4.79 Å². The van der Waals surface area contributed by atoms with E-state index in [2.05, 4.69) is 9.97 Å². The molecular formula is C10H15N3O4. The molecule has 0 saturated carbocycles. The lowest BCUT2D eigenvalue weighted by Crippen LogP contribution is -2.23. The lowest BCUT2D eigenvalue weighted by Gasteiger charge is -2.13. The topological polar surface area (TPSA) is 118 Å². The van der Waals surface area contributed by atoms with E-state index < -0.39 is 17.9 Å². The Morgan fingerprint density at radius 3 is 2.71 bits per heavy atom. The number of hydrogen-bond donors (Lipinski definition) is 3. The number of aromatic nitrogens is 2. The molecule has 0 amide bonds. The number of aliphatic carboxylic acids is 1. The van der Waals surface area contributed by atoms with Gasteiger partial charge in [-0.3, -0.25) is 9.59 Å². The van der Waals surface area contributed by atoms with Crippen molar-refractivity contribution in [3.63, 3.8) is 0 Å². The normalized spacial score (nSPS) is 12.4. The molecular weight excluding hydrogens is 226 g/mol. The summed E-state index contributed by atoms with van der Waals surface area (Å²) in [5.41, 5.74) is 5.00. The van der Waals surface area contributed by atoms with Crippen molar-refractivity contribution in [3.05, 3.63) is 21.7 Å². The third-order valence-corrected chi connectivity index (χ3v) is 2.35. The number of carbonyl (C=O) groups is 1. The maximum absolute atomic E-state index is 11.6. The fraction of sp³-hybridized carbons (Fsp3) is 0.500. The molecule has 0 spiro atoms. The Bertz CT molecular complexity index is 465. The second kappa shape index (κ2) is 5.44. The van der Waals surface area contributed by atoms with Gasteiger partial charge in [-0.15, -0.1) is 0 Å². The highest BCUT2D eigenvalue weighted by molar-refractivity contribution is 5.71. The SMILES string of the molecule is CCC(OC)c1nc(N)c(CC(=O)O)c(=O)[nH]1. The van der Waals surface area contributed by atoms with Crippen LogP contribution >= 0.6 is 0 Å². The summed E-state index contributed by atoms with van der Waals surface area (Å²) in [4.78, 5) is 28.6. The minimum absolute atomic E-state index is 0.0350. The third kappa shape index (κ3) is 3.04. The summed E-state index contributed by atoms with van der Waals surface area (Å²) < 4.78 is 5.11. The molecule has 1 atom stereocenters. The highest BCUT2D eigenvalue weighted by atomic mass is 16.5. The quantitative estimate of drug-likeness (QED) is 0.671. The molecule has 7 heteroatoms. The summed E-state index contributed by atoms with van der Waals surface area (Å²) in [5, 5.41) is 8.63. The Labute approximate surface area is 97.6 Å². The van der Waals surface area contributed by atoms with E-state index in [4.69, 9.17) is 15.6 Å². The number of nitrogen functional groups attached to an aromatic ring is 1. The van der Waals surface area contributed by atoms with Crippen LogP contribution in [0.1, 0.15) is 30.8 Å². The highest BCUT2D eigenvalue weighted by Gasteiger charge is 2.16. The first-order valence-corrected chi connectivity index (χ1v) is 5.12. The summed E-state index contributed by atoms with van der Waals surface area (Å²) in [6.07, 6.45) is -0.182. The average Bonchev–Trinajstić information content (AvgIpc) is 2.25. The molecule has 1 rings (SSSR count). The predicted molar refractivity (Wildman–Crippen MR) is 60.7 cm³/mol. The molecule has 1 aromatic rings. The monoisotopic (exact) mass is 241 g/mol. The smallest absolute Gasteiger partial charge is 0.308 e. The van der Waals surface area contributed by atoms with Crippen molar-refractivity contribution in [2.24, 2.45) is 0 Å². The summed E-state index contributed by atoms with van der Waals surface area (Å²) >= 11 is 0. The number of anilines is 1. The number of H-pyrrole nitrogens is 1. The van der Waals surface area contributed by atoms with E-state index in [-0.39, 0.29) is 17.5 Å². The molecule has 94 valence electrons. The number of aromatic amines is 1. The predicted octanol–water partition coefficient (Wildman–Crippen LogP) is 0.0767. The molecule has 0 aliphatic rings. The first kappa shape index (κ1) is 13.2. The number of methoxy groups -OCH3 is 1.